The molecule has 1 aromatic heterocycles. The van der Waals surface area contributed by atoms with Gasteiger partial charge in [-0.25, -0.2) is 9.97 Å². The monoisotopic (exact) mass is 476 g/mol. The fourth-order valence-corrected chi connectivity index (χ4v) is 5.49. The maximum Gasteiger partial charge on any atom is 0.165 e. The molecule has 0 fully saturated rings. The molecule has 3 heteroatoms. The zero-order chi connectivity index (χ0) is 28.7. The molecule has 0 saturated heterocycles. The van der Waals surface area contributed by atoms with Crippen LogP contribution in [0.5, 0.6) is 0 Å². The van der Waals surface area contributed by atoms with Crippen LogP contribution < -0.4 is 4.90 Å². The molecular formula is C34H21N3. The molecule has 0 atom stereocenters. The van der Waals surface area contributed by atoms with Crippen LogP contribution in [0.2, 0.25) is 0 Å². The molecule has 0 N–H and O–H groups in total. The highest BCUT2D eigenvalue weighted by atomic mass is 15.2. The van der Waals surface area contributed by atoms with E-state index in [9.17, 15) is 0 Å². The van der Waals surface area contributed by atoms with Crippen molar-refractivity contribution < 1.29 is 6.85 Å². The minimum absolute atomic E-state index is 0.0163. The Balaban J connectivity index is 1.56. The highest BCUT2D eigenvalue weighted by Crippen LogP contribution is 2.53. The van der Waals surface area contributed by atoms with E-state index < -0.39 is 18.1 Å². The smallest absolute Gasteiger partial charge is 0.165 e. The van der Waals surface area contributed by atoms with E-state index in [0.29, 0.717) is 16.9 Å². The second-order valence-electron chi connectivity index (χ2n) is 9.08. The molecule has 1 aliphatic heterocycles. The zero-order valence-electron chi connectivity index (χ0n) is 24.6. The Hall–Kier alpha value is -5.02. The molecule has 3 nitrogen and oxygen atoms in total. The maximum atomic E-state index is 8.82. The Labute approximate surface area is 221 Å². The van der Waals surface area contributed by atoms with Gasteiger partial charge in [-0.05, 0) is 46.0 Å². The topological polar surface area (TPSA) is 29.0 Å². The van der Waals surface area contributed by atoms with E-state index in [2.05, 4.69) is 48.5 Å². The van der Waals surface area contributed by atoms with E-state index in [1.54, 1.807) is 0 Å². The summed E-state index contributed by atoms with van der Waals surface area (Å²) in [5.41, 5.74) is 5.34. The zero-order valence-corrected chi connectivity index (χ0v) is 19.6. The van der Waals surface area contributed by atoms with Crippen LogP contribution >= 0.6 is 0 Å². The Kier molecular flexibility index (Phi) is 3.32. The first-order valence-electron chi connectivity index (χ1n) is 14.6. The van der Waals surface area contributed by atoms with E-state index in [1.807, 2.05) is 53.4 Å². The number of fused-ring (bicyclic) bond motifs is 5. The van der Waals surface area contributed by atoms with Crippen molar-refractivity contribution in [2.24, 2.45) is 0 Å². The molecule has 172 valence electrons. The Morgan fingerprint density at radius 1 is 0.595 bits per heavy atom. The van der Waals surface area contributed by atoms with Gasteiger partial charge in [0.1, 0.15) is 5.69 Å². The van der Waals surface area contributed by atoms with Crippen molar-refractivity contribution in [3.63, 3.8) is 0 Å². The molecule has 0 bridgehead atoms. The third kappa shape index (κ3) is 2.95. The lowest BCUT2D eigenvalue weighted by atomic mass is 9.88. The average Bonchev–Trinajstić information content (AvgIpc) is 3.03. The third-order valence-electron chi connectivity index (χ3n) is 7.04. The number of rotatable bonds is 2. The first-order valence-corrected chi connectivity index (χ1v) is 12.1. The van der Waals surface area contributed by atoms with Gasteiger partial charge < -0.3 is 0 Å². The number of hydrogen-bond acceptors (Lipinski definition) is 3. The van der Waals surface area contributed by atoms with Gasteiger partial charge in [0.05, 0.1) is 29.3 Å². The van der Waals surface area contributed by atoms with Crippen molar-refractivity contribution in [1.29, 1.82) is 0 Å². The summed E-state index contributed by atoms with van der Waals surface area (Å²) in [6, 6.07) is 30.3. The molecule has 0 radical (unpaired) electrons. The van der Waals surface area contributed by atoms with Crippen molar-refractivity contribution in [3.8, 4) is 22.4 Å². The molecule has 0 aliphatic carbocycles. The van der Waals surface area contributed by atoms with Crippen LogP contribution in [-0.2, 0) is 0 Å². The van der Waals surface area contributed by atoms with Crippen molar-refractivity contribution in [2.45, 2.75) is 0 Å². The predicted octanol–water partition coefficient (Wildman–Crippen LogP) is 9.05. The molecule has 8 rings (SSSR count). The molecule has 7 aromatic rings. The number of para-hydroxylation sites is 2. The third-order valence-corrected chi connectivity index (χ3v) is 7.04. The van der Waals surface area contributed by atoms with E-state index in [1.165, 1.54) is 0 Å². The molecular weight excluding hydrogens is 450 g/mol. The van der Waals surface area contributed by atoms with Crippen LogP contribution in [0, 0.1) is 0 Å². The summed E-state index contributed by atoms with van der Waals surface area (Å²) in [7, 11) is 0. The fourth-order valence-electron chi connectivity index (χ4n) is 5.49. The van der Waals surface area contributed by atoms with E-state index >= 15 is 0 Å². The molecule has 6 aromatic carbocycles. The van der Waals surface area contributed by atoms with Gasteiger partial charge in [-0.15, -0.1) is 0 Å². The van der Waals surface area contributed by atoms with Crippen LogP contribution in [0.3, 0.4) is 0 Å². The van der Waals surface area contributed by atoms with Gasteiger partial charge in [0, 0.05) is 16.5 Å². The quantitative estimate of drug-likeness (QED) is 0.249. The maximum absolute atomic E-state index is 8.82. The second kappa shape index (κ2) is 7.74. The summed E-state index contributed by atoms with van der Waals surface area (Å²) < 4.78 is 42.6. The number of aromatic nitrogens is 2. The number of hydrogen-bond donors (Lipinski definition) is 0. The van der Waals surface area contributed by atoms with Crippen molar-refractivity contribution in [1.82, 2.24) is 9.97 Å². The molecule has 0 unspecified atom stereocenters. The highest BCUT2D eigenvalue weighted by Gasteiger charge is 2.30. The first-order chi connectivity index (χ1) is 20.4. The number of nitrogens with zero attached hydrogens (tertiary/aromatic N) is 3. The molecule has 0 amide bonds. The minimum atomic E-state index is -0.447. The van der Waals surface area contributed by atoms with Gasteiger partial charge in [0.2, 0.25) is 0 Å². The summed E-state index contributed by atoms with van der Waals surface area (Å²) >= 11 is 0. The van der Waals surface area contributed by atoms with E-state index in [4.69, 9.17) is 16.8 Å². The van der Waals surface area contributed by atoms with Crippen molar-refractivity contribution in [3.05, 3.63) is 127 Å². The number of benzene rings is 6. The van der Waals surface area contributed by atoms with Gasteiger partial charge in [-0.2, -0.15) is 0 Å². The second-order valence-corrected chi connectivity index (χ2v) is 9.08. The highest BCUT2D eigenvalue weighted by molar-refractivity contribution is 6.19. The lowest BCUT2D eigenvalue weighted by molar-refractivity contribution is 1.18. The molecule has 2 heterocycles. The van der Waals surface area contributed by atoms with Crippen molar-refractivity contribution in [2.75, 3.05) is 4.90 Å². The summed E-state index contributed by atoms with van der Waals surface area (Å²) in [6.45, 7) is 0. The van der Waals surface area contributed by atoms with Gasteiger partial charge in [0.25, 0.3) is 0 Å². The number of anilines is 3. The van der Waals surface area contributed by atoms with Crippen LogP contribution in [0.25, 0.3) is 55.0 Å². The predicted molar refractivity (Wildman–Crippen MR) is 154 cm³/mol. The normalized spacial score (nSPS) is 14.2. The van der Waals surface area contributed by atoms with E-state index in [0.717, 1.165) is 44.0 Å². The van der Waals surface area contributed by atoms with Crippen LogP contribution in [0.15, 0.2) is 127 Å². The first kappa shape index (κ1) is 15.9. The minimum Gasteiger partial charge on any atom is -0.292 e. The summed E-state index contributed by atoms with van der Waals surface area (Å²) in [4.78, 5) is 12.1. The fraction of sp³-hybridized carbons (Fsp3) is 0. The molecule has 0 spiro atoms. The SMILES string of the molecule is [2H]c1c([2H])c([2H])c(-c2nc3ccccc3nc2N2c3ccc4ccccc4c3-c3cccc4cccc2c34)c([2H])c1[2H]. The van der Waals surface area contributed by atoms with E-state index in [-0.39, 0.29) is 23.3 Å². The molecule has 0 saturated carbocycles. The Morgan fingerprint density at radius 3 is 2.19 bits per heavy atom. The lowest BCUT2D eigenvalue weighted by Crippen LogP contribution is -2.18. The molecule has 1 aliphatic rings. The van der Waals surface area contributed by atoms with Crippen LogP contribution in [0.1, 0.15) is 6.85 Å². The lowest BCUT2D eigenvalue weighted by Gasteiger charge is -2.34. The van der Waals surface area contributed by atoms with Gasteiger partial charge in [-0.3, -0.25) is 4.90 Å². The Bertz CT molecular complexity index is 2250. The largest absolute Gasteiger partial charge is 0.292 e. The van der Waals surface area contributed by atoms with Crippen LogP contribution in [0.4, 0.5) is 17.2 Å². The molecule has 37 heavy (non-hydrogen) atoms. The summed E-state index contributed by atoms with van der Waals surface area (Å²) in [5, 5.41) is 4.29. The van der Waals surface area contributed by atoms with Gasteiger partial charge in [0.15, 0.2) is 5.82 Å². The van der Waals surface area contributed by atoms with Crippen molar-refractivity contribution >= 4 is 49.8 Å². The average molecular weight is 477 g/mol. The summed E-state index contributed by atoms with van der Waals surface area (Å²) in [6.07, 6.45) is 0. The van der Waals surface area contributed by atoms with Gasteiger partial charge >= 0.3 is 0 Å². The van der Waals surface area contributed by atoms with Gasteiger partial charge in [-0.1, -0.05) is 103 Å². The standard InChI is InChI=1S/C34H21N3/c1-2-11-24(12-3-1)33-34(36-28-18-7-6-17-27(28)35-33)37-29-19-9-14-23-13-8-16-26(31(23)29)32-25-15-5-4-10-22(25)20-21-30(32)37/h1-21H/i1D,2D,3D,11D,12D. The Morgan fingerprint density at radius 2 is 1.32 bits per heavy atom. The van der Waals surface area contributed by atoms with Crippen LogP contribution in [-0.4, -0.2) is 9.97 Å². The summed E-state index contributed by atoms with van der Waals surface area (Å²) in [5.74, 6) is 0.394.